The molecule has 0 bridgehead atoms. The largest absolute Gasteiger partial charge is 0.384 e. The first-order chi connectivity index (χ1) is 10.0. The van der Waals surface area contributed by atoms with Crippen LogP contribution in [0.5, 0.6) is 0 Å². The first-order valence-corrected chi connectivity index (χ1v) is 8.41. The van der Waals surface area contributed by atoms with E-state index in [1.165, 1.54) is 0 Å². The Morgan fingerprint density at radius 2 is 1.95 bits per heavy atom. The van der Waals surface area contributed by atoms with E-state index in [-0.39, 0.29) is 5.92 Å². The lowest BCUT2D eigenvalue weighted by Crippen LogP contribution is -2.44. The van der Waals surface area contributed by atoms with Crippen LogP contribution in [0.4, 0.5) is 0 Å². The van der Waals surface area contributed by atoms with E-state index in [1.807, 2.05) is 0 Å². The van der Waals surface area contributed by atoms with Crippen molar-refractivity contribution in [2.45, 2.75) is 46.1 Å². The van der Waals surface area contributed by atoms with Gasteiger partial charge in [0.05, 0.1) is 6.61 Å². The Morgan fingerprint density at radius 1 is 1.29 bits per heavy atom. The summed E-state index contributed by atoms with van der Waals surface area (Å²) >= 11 is 0. The summed E-state index contributed by atoms with van der Waals surface area (Å²) in [5, 5.41) is 0. The van der Waals surface area contributed by atoms with Gasteiger partial charge in [-0.1, -0.05) is 20.8 Å². The van der Waals surface area contributed by atoms with E-state index in [0.717, 1.165) is 45.6 Å². The van der Waals surface area contributed by atoms with E-state index in [0.29, 0.717) is 29.7 Å². The molecule has 2 rings (SSSR count). The van der Waals surface area contributed by atoms with Crippen molar-refractivity contribution < 1.29 is 14.3 Å². The second-order valence-electron chi connectivity index (χ2n) is 7.10. The summed E-state index contributed by atoms with van der Waals surface area (Å²) in [6.07, 6.45) is 3.13. The van der Waals surface area contributed by atoms with Crippen LogP contribution in [0.25, 0.3) is 0 Å². The molecule has 0 aliphatic carbocycles. The van der Waals surface area contributed by atoms with Crippen molar-refractivity contribution in [3.05, 3.63) is 0 Å². The molecule has 2 heterocycles. The van der Waals surface area contributed by atoms with Crippen LogP contribution >= 0.6 is 0 Å². The number of methoxy groups -OCH3 is 1. The SMILES string of the molecule is COCC1C[C@@H](C(C)C)N(C(=O)C(C)C2CCOCC2)C1. The number of carbonyl (C=O) groups excluding carboxylic acids is 1. The van der Waals surface area contributed by atoms with Gasteiger partial charge < -0.3 is 14.4 Å². The first kappa shape index (κ1) is 16.8. The molecule has 21 heavy (non-hydrogen) atoms. The third-order valence-corrected chi connectivity index (χ3v) is 5.25. The molecule has 0 radical (unpaired) electrons. The summed E-state index contributed by atoms with van der Waals surface area (Å²) in [6.45, 7) is 9.80. The summed E-state index contributed by atoms with van der Waals surface area (Å²) < 4.78 is 10.7. The number of likely N-dealkylation sites (tertiary alicyclic amines) is 1. The fourth-order valence-corrected chi connectivity index (χ4v) is 3.88. The van der Waals surface area contributed by atoms with Gasteiger partial charge in [0, 0.05) is 44.7 Å². The molecule has 0 N–H and O–H groups in total. The predicted octanol–water partition coefficient (Wildman–Crippen LogP) is 2.57. The molecule has 3 atom stereocenters. The Labute approximate surface area is 129 Å². The minimum Gasteiger partial charge on any atom is -0.384 e. The minimum absolute atomic E-state index is 0.122. The molecule has 0 spiro atoms. The summed E-state index contributed by atoms with van der Waals surface area (Å²) in [4.78, 5) is 15.1. The van der Waals surface area contributed by atoms with Crippen molar-refractivity contribution in [1.29, 1.82) is 0 Å². The summed E-state index contributed by atoms with van der Waals surface area (Å²) in [6, 6.07) is 0.375. The van der Waals surface area contributed by atoms with Crippen LogP contribution in [-0.2, 0) is 14.3 Å². The molecule has 2 saturated heterocycles. The van der Waals surface area contributed by atoms with Crippen LogP contribution in [-0.4, -0.2) is 50.3 Å². The molecule has 4 nitrogen and oxygen atoms in total. The van der Waals surface area contributed by atoms with Crippen molar-refractivity contribution in [2.24, 2.45) is 23.7 Å². The normalized spacial score (nSPS) is 29.1. The Balaban J connectivity index is 2.01. The third-order valence-electron chi connectivity index (χ3n) is 5.25. The highest BCUT2D eigenvalue weighted by Gasteiger charge is 2.39. The molecule has 2 aliphatic rings. The maximum absolute atomic E-state index is 13.0. The van der Waals surface area contributed by atoms with Gasteiger partial charge in [0.25, 0.3) is 0 Å². The molecule has 2 aliphatic heterocycles. The third kappa shape index (κ3) is 3.98. The number of hydrogen-bond acceptors (Lipinski definition) is 3. The molecule has 2 unspecified atom stereocenters. The fraction of sp³-hybridized carbons (Fsp3) is 0.941. The quantitative estimate of drug-likeness (QED) is 0.783. The van der Waals surface area contributed by atoms with Crippen LogP contribution in [0.3, 0.4) is 0 Å². The van der Waals surface area contributed by atoms with Crippen molar-refractivity contribution in [3.8, 4) is 0 Å². The number of ether oxygens (including phenoxy) is 2. The van der Waals surface area contributed by atoms with Gasteiger partial charge in [-0.05, 0) is 31.1 Å². The zero-order chi connectivity index (χ0) is 15.4. The lowest BCUT2D eigenvalue weighted by atomic mass is 9.86. The highest BCUT2D eigenvalue weighted by molar-refractivity contribution is 5.79. The van der Waals surface area contributed by atoms with Crippen LogP contribution in [0.2, 0.25) is 0 Å². The summed E-state index contributed by atoms with van der Waals surface area (Å²) in [7, 11) is 1.75. The van der Waals surface area contributed by atoms with Crippen LogP contribution in [0.1, 0.15) is 40.0 Å². The number of hydrogen-bond donors (Lipinski definition) is 0. The Morgan fingerprint density at radius 3 is 2.52 bits per heavy atom. The van der Waals surface area contributed by atoms with Gasteiger partial charge in [0.2, 0.25) is 5.91 Å². The Bertz CT molecular complexity index is 339. The molecule has 0 aromatic rings. The van der Waals surface area contributed by atoms with E-state index in [4.69, 9.17) is 9.47 Å². The first-order valence-electron chi connectivity index (χ1n) is 8.41. The van der Waals surface area contributed by atoms with Gasteiger partial charge in [0.1, 0.15) is 0 Å². The zero-order valence-corrected chi connectivity index (χ0v) is 14.0. The standard InChI is InChI=1S/C17H31NO3/c1-12(2)16-9-14(11-20-4)10-18(16)17(19)13(3)15-5-7-21-8-6-15/h12-16H,5-11H2,1-4H3/t13?,14?,16-/m0/s1. The maximum atomic E-state index is 13.0. The van der Waals surface area contributed by atoms with Crippen molar-refractivity contribution in [3.63, 3.8) is 0 Å². The molecule has 1 amide bonds. The molecule has 0 aromatic heterocycles. The van der Waals surface area contributed by atoms with Gasteiger partial charge in [-0.15, -0.1) is 0 Å². The number of nitrogens with zero attached hydrogens (tertiary/aromatic N) is 1. The Kier molecular flexibility index (Phi) is 6.06. The molecule has 4 heteroatoms. The van der Waals surface area contributed by atoms with Gasteiger partial charge in [-0.25, -0.2) is 0 Å². The Hall–Kier alpha value is -0.610. The monoisotopic (exact) mass is 297 g/mol. The molecular weight excluding hydrogens is 266 g/mol. The van der Waals surface area contributed by atoms with Crippen LogP contribution < -0.4 is 0 Å². The lowest BCUT2D eigenvalue weighted by molar-refractivity contribution is -0.139. The van der Waals surface area contributed by atoms with Crippen molar-refractivity contribution >= 4 is 5.91 Å². The second kappa shape index (κ2) is 7.59. The smallest absolute Gasteiger partial charge is 0.225 e. The molecule has 0 saturated carbocycles. The van der Waals surface area contributed by atoms with Gasteiger partial charge in [0.15, 0.2) is 0 Å². The fourth-order valence-electron chi connectivity index (χ4n) is 3.88. The van der Waals surface area contributed by atoms with E-state index < -0.39 is 0 Å². The average Bonchev–Trinajstić information content (AvgIpc) is 2.91. The molecule has 0 aromatic carbocycles. The molecular formula is C17H31NO3. The minimum atomic E-state index is 0.122. The van der Waals surface area contributed by atoms with Crippen LogP contribution in [0, 0.1) is 23.7 Å². The maximum Gasteiger partial charge on any atom is 0.225 e. The number of rotatable bonds is 5. The second-order valence-corrected chi connectivity index (χ2v) is 7.10. The summed E-state index contributed by atoms with van der Waals surface area (Å²) in [5.74, 6) is 1.96. The number of amides is 1. The van der Waals surface area contributed by atoms with Gasteiger partial charge >= 0.3 is 0 Å². The van der Waals surface area contributed by atoms with E-state index in [1.54, 1.807) is 7.11 Å². The zero-order valence-electron chi connectivity index (χ0n) is 14.0. The number of carbonyl (C=O) groups is 1. The van der Waals surface area contributed by atoms with E-state index in [2.05, 4.69) is 25.7 Å². The average molecular weight is 297 g/mol. The topological polar surface area (TPSA) is 38.8 Å². The van der Waals surface area contributed by atoms with Gasteiger partial charge in [-0.2, -0.15) is 0 Å². The highest BCUT2D eigenvalue weighted by Crippen LogP contribution is 2.33. The molecule has 2 fully saturated rings. The van der Waals surface area contributed by atoms with Gasteiger partial charge in [-0.3, -0.25) is 4.79 Å². The summed E-state index contributed by atoms with van der Waals surface area (Å²) in [5.41, 5.74) is 0. The van der Waals surface area contributed by atoms with E-state index >= 15 is 0 Å². The van der Waals surface area contributed by atoms with Crippen LogP contribution in [0.15, 0.2) is 0 Å². The predicted molar refractivity (Wildman–Crippen MR) is 83.0 cm³/mol. The van der Waals surface area contributed by atoms with Crippen molar-refractivity contribution in [2.75, 3.05) is 33.5 Å². The van der Waals surface area contributed by atoms with Crippen molar-refractivity contribution in [1.82, 2.24) is 4.90 Å². The lowest BCUT2D eigenvalue weighted by Gasteiger charge is -2.34. The van der Waals surface area contributed by atoms with E-state index in [9.17, 15) is 4.79 Å². The molecule has 122 valence electrons. The highest BCUT2D eigenvalue weighted by atomic mass is 16.5.